The molecule has 2 N–H and O–H groups in total. The molecular weight excluding hydrogens is 342 g/mol. The van der Waals surface area contributed by atoms with Crippen LogP contribution in [0.3, 0.4) is 0 Å². The lowest BCUT2D eigenvalue weighted by atomic mass is 9.92. The molecule has 7 nitrogen and oxygen atoms in total. The van der Waals surface area contributed by atoms with Gasteiger partial charge in [0.25, 0.3) is 0 Å². The van der Waals surface area contributed by atoms with Crippen molar-refractivity contribution in [1.29, 1.82) is 0 Å². The molecule has 1 saturated heterocycles. The van der Waals surface area contributed by atoms with Crippen molar-refractivity contribution in [3.63, 3.8) is 0 Å². The molecule has 1 aliphatic heterocycles. The number of piperazine rings is 1. The minimum absolute atomic E-state index is 0.0530. The average molecular weight is 376 g/mol. The van der Waals surface area contributed by atoms with E-state index in [1.54, 1.807) is 14.2 Å². The van der Waals surface area contributed by atoms with Gasteiger partial charge in [0.2, 0.25) is 5.91 Å². The van der Waals surface area contributed by atoms with Crippen molar-refractivity contribution in [3.8, 4) is 5.75 Å². The van der Waals surface area contributed by atoms with Gasteiger partial charge in [0.15, 0.2) is 5.96 Å². The number of methoxy groups -OCH3 is 1. The average Bonchev–Trinajstić information content (AvgIpc) is 2.69. The van der Waals surface area contributed by atoms with Gasteiger partial charge in [0.1, 0.15) is 5.75 Å². The number of benzene rings is 1. The summed E-state index contributed by atoms with van der Waals surface area (Å²) in [5, 5.41) is 6.26. The summed E-state index contributed by atoms with van der Waals surface area (Å²) < 4.78 is 5.23. The van der Waals surface area contributed by atoms with Crippen LogP contribution in [-0.4, -0.2) is 70.2 Å². The third kappa shape index (κ3) is 5.52. The van der Waals surface area contributed by atoms with E-state index in [0.29, 0.717) is 13.1 Å². The predicted molar refractivity (Wildman–Crippen MR) is 111 cm³/mol. The lowest BCUT2D eigenvalue weighted by Crippen LogP contribution is -2.54. The van der Waals surface area contributed by atoms with E-state index in [0.717, 1.165) is 37.9 Å². The number of hydrogen-bond donors (Lipinski definition) is 2. The number of rotatable bonds is 6. The predicted octanol–water partition coefficient (Wildman–Crippen LogP) is 1.55. The fraction of sp³-hybridized carbons (Fsp3) is 0.600. The smallest absolute Gasteiger partial charge is 0.227 e. The van der Waals surface area contributed by atoms with Crippen molar-refractivity contribution in [3.05, 3.63) is 24.3 Å². The molecule has 0 aromatic heterocycles. The molecule has 0 atom stereocenters. The Labute approximate surface area is 162 Å². The van der Waals surface area contributed by atoms with Crippen LogP contribution in [0.5, 0.6) is 5.75 Å². The fourth-order valence-electron chi connectivity index (χ4n) is 3.08. The number of amides is 1. The van der Waals surface area contributed by atoms with Crippen molar-refractivity contribution >= 4 is 17.6 Å². The maximum atomic E-state index is 12.2. The Hall–Kier alpha value is -2.44. The molecule has 27 heavy (non-hydrogen) atoms. The van der Waals surface area contributed by atoms with Crippen molar-refractivity contribution in [2.45, 2.75) is 20.8 Å². The van der Waals surface area contributed by atoms with Gasteiger partial charge >= 0.3 is 0 Å². The highest BCUT2D eigenvalue weighted by molar-refractivity contribution is 5.84. The normalized spacial score (nSPS) is 15.5. The first-order valence-corrected chi connectivity index (χ1v) is 9.54. The highest BCUT2D eigenvalue weighted by Gasteiger charge is 2.28. The Balaban J connectivity index is 1.88. The number of guanidine groups is 1. The number of carbonyl (C=O) groups is 1. The quantitative estimate of drug-likeness (QED) is 0.583. The zero-order chi connectivity index (χ0) is 19.9. The molecular formula is C20H33N5O2. The molecule has 0 saturated carbocycles. The van der Waals surface area contributed by atoms with Gasteiger partial charge in [0.05, 0.1) is 12.5 Å². The Kier molecular flexibility index (Phi) is 7.33. The minimum atomic E-state index is -0.489. The molecule has 0 unspecified atom stereocenters. The molecule has 7 heteroatoms. The second-order valence-electron chi connectivity index (χ2n) is 7.32. The maximum Gasteiger partial charge on any atom is 0.227 e. The topological polar surface area (TPSA) is 69.2 Å². The first-order valence-electron chi connectivity index (χ1n) is 9.54. The first kappa shape index (κ1) is 20.9. The summed E-state index contributed by atoms with van der Waals surface area (Å²) in [5.74, 6) is 1.77. The van der Waals surface area contributed by atoms with E-state index < -0.39 is 5.41 Å². The molecule has 1 heterocycles. The summed E-state index contributed by atoms with van der Waals surface area (Å²) in [7, 11) is 3.47. The van der Waals surface area contributed by atoms with Crippen LogP contribution in [0.4, 0.5) is 5.69 Å². The van der Waals surface area contributed by atoms with Crippen molar-refractivity contribution in [2.75, 3.05) is 58.3 Å². The molecule has 0 bridgehead atoms. The van der Waals surface area contributed by atoms with Gasteiger partial charge in [-0.1, -0.05) is 0 Å². The number of ether oxygens (including phenoxy) is 1. The van der Waals surface area contributed by atoms with Crippen LogP contribution in [0.15, 0.2) is 29.3 Å². The molecule has 0 radical (unpaired) electrons. The van der Waals surface area contributed by atoms with Gasteiger partial charge in [-0.2, -0.15) is 0 Å². The lowest BCUT2D eigenvalue weighted by Gasteiger charge is -2.38. The summed E-state index contributed by atoms with van der Waals surface area (Å²) in [4.78, 5) is 21.2. The van der Waals surface area contributed by atoms with E-state index in [1.165, 1.54) is 5.69 Å². The van der Waals surface area contributed by atoms with Gasteiger partial charge in [0, 0.05) is 52.0 Å². The third-order valence-electron chi connectivity index (χ3n) is 4.87. The molecule has 1 aromatic rings. The van der Waals surface area contributed by atoms with Gasteiger partial charge in [-0.3, -0.25) is 9.79 Å². The van der Waals surface area contributed by atoms with E-state index in [1.807, 2.05) is 32.9 Å². The number of aliphatic imine (C=N–C) groups is 1. The summed E-state index contributed by atoms with van der Waals surface area (Å²) in [6.07, 6.45) is 0. The summed E-state index contributed by atoms with van der Waals surface area (Å²) in [6, 6.07) is 8.17. The summed E-state index contributed by atoms with van der Waals surface area (Å²) in [5.41, 5.74) is 0.715. The second kappa shape index (κ2) is 9.48. The van der Waals surface area contributed by atoms with Crippen LogP contribution < -0.4 is 20.3 Å². The molecule has 2 rings (SSSR count). The Morgan fingerprint density at radius 3 is 2.30 bits per heavy atom. The Morgan fingerprint density at radius 1 is 1.15 bits per heavy atom. The van der Waals surface area contributed by atoms with Crippen LogP contribution in [0.1, 0.15) is 20.8 Å². The zero-order valence-corrected chi connectivity index (χ0v) is 17.2. The van der Waals surface area contributed by atoms with Crippen molar-refractivity contribution in [1.82, 2.24) is 15.5 Å². The van der Waals surface area contributed by atoms with Crippen LogP contribution in [0.2, 0.25) is 0 Å². The molecule has 1 fully saturated rings. The number of carbonyl (C=O) groups excluding carboxylic acids is 1. The van der Waals surface area contributed by atoms with Crippen LogP contribution in [0, 0.1) is 5.41 Å². The van der Waals surface area contributed by atoms with Gasteiger partial charge in [-0.05, 0) is 45.0 Å². The monoisotopic (exact) mass is 375 g/mol. The van der Waals surface area contributed by atoms with Gasteiger partial charge in [-0.25, -0.2) is 0 Å². The standard InChI is InChI=1S/C20H33N5O2/c1-6-22-18(26)20(2,3)15-23-19(21-4)25-13-11-24(12-14-25)16-7-9-17(27-5)10-8-16/h7-10H,6,11-15H2,1-5H3,(H,21,23)(H,22,26). The molecule has 1 aromatic carbocycles. The van der Waals surface area contributed by atoms with Crippen LogP contribution >= 0.6 is 0 Å². The summed E-state index contributed by atoms with van der Waals surface area (Å²) in [6.45, 7) is 10.6. The van der Waals surface area contributed by atoms with Crippen molar-refractivity contribution in [2.24, 2.45) is 10.4 Å². The van der Waals surface area contributed by atoms with Gasteiger partial charge < -0.3 is 25.2 Å². The fourth-order valence-corrected chi connectivity index (χ4v) is 3.08. The van der Waals surface area contributed by atoms with E-state index in [4.69, 9.17) is 4.74 Å². The van der Waals surface area contributed by atoms with E-state index in [-0.39, 0.29) is 5.91 Å². The van der Waals surface area contributed by atoms with Gasteiger partial charge in [-0.15, -0.1) is 0 Å². The molecule has 0 aliphatic carbocycles. The van der Waals surface area contributed by atoms with E-state index >= 15 is 0 Å². The maximum absolute atomic E-state index is 12.2. The number of anilines is 1. The number of nitrogens with one attached hydrogen (secondary N) is 2. The molecule has 1 aliphatic rings. The minimum Gasteiger partial charge on any atom is -0.497 e. The highest BCUT2D eigenvalue weighted by Crippen LogP contribution is 2.20. The van der Waals surface area contributed by atoms with E-state index in [2.05, 4.69) is 37.6 Å². The largest absolute Gasteiger partial charge is 0.497 e. The highest BCUT2D eigenvalue weighted by atomic mass is 16.5. The lowest BCUT2D eigenvalue weighted by molar-refractivity contribution is -0.128. The SMILES string of the molecule is CCNC(=O)C(C)(C)CNC(=NC)N1CCN(c2ccc(OC)cc2)CC1. The number of hydrogen-bond acceptors (Lipinski definition) is 4. The van der Waals surface area contributed by atoms with Crippen LogP contribution in [-0.2, 0) is 4.79 Å². The first-order chi connectivity index (χ1) is 12.9. The Bertz CT molecular complexity index is 634. The van der Waals surface area contributed by atoms with Crippen LogP contribution in [0.25, 0.3) is 0 Å². The van der Waals surface area contributed by atoms with Crippen molar-refractivity contribution < 1.29 is 9.53 Å². The number of nitrogens with zero attached hydrogens (tertiary/aromatic N) is 3. The zero-order valence-electron chi connectivity index (χ0n) is 17.2. The van der Waals surface area contributed by atoms with E-state index in [9.17, 15) is 4.79 Å². The molecule has 1 amide bonds. The molecule has 150 valence electrons. The second-order valence-corrected chi connectivity index (χ2v) is 7.32. The Morgan fingerprint density at radius 2 is 1.78 bits per heavy atom. The summed E-state index contributed by atoms with van der Waals surface area (Å²) >= 11 is 0. The molecule has 0 spiro atoms. The third-order valence-corrected chi connectivity index (χ3v) is 4.87.